The summed E-state index contributed by atoms with van der Waals surface area (Å²) in [5.74, 6) is 0. The van der Waals surface area contributed by atoms with Crippen LogP contribution in [0.3, 0.4) is 0 Å². The minimum atomic E-state index is 0.639. The van der Waals surface area contributed by atoms with Crippen LogP contribution < -0.4 is 0 Å². The van der Waals surface area contributed by atoms with Gasteiger partial charge in [0, 0.05) is 4.83 Å². The van der Waals surface area contributed by atoms with E-state index in [-0.39, 0.29) is 0 Å². The first-order chi connectivity index (χ1) is 9.63. The van der Waals surface area contributed by atoms with Gasteiger partial charge in [-0.3, -0.25) is 0 Å². The Morgan fingerprint density at radius 1 is 0.900 bits per heavy atom. The maximum Gasteiger partial charge on any atom is 0.0186 e. The molecule has 0 spiro atoms. The van der Waals surface area contributed by atoms with Crippen molar-refractivity contribution < 1.29 is 0 Å². The molecule has 0 aromatic heterocycles. The Bertz CT molecular complexity index is 370. The van der Waals surface area contributed by atoms with Gasteiger partial charge >= 0.3 is 0 Å². The Labute approximate surface area is 134 Å². The van der Waals surface area contributed by atoms with E-state index in [1.54, 1.807) is 0 Å². The van der Waals surface area contributed by atoms with Crippen LogP contribution in [-0.2, 0) is 6.42 Å². The number of unbranched alkanes of at least 4 members (excludes halogenated alkanes) is 6. The number of hydrogen-bond donors (Lipinski definition) is 0. The van der Waals surface area contributed by atoms with Crippen LogP contribution in [0.15, 0.2) is 18.2 Å². The number of hydrogen-bond acceptors (Lipinski definition) is 0. The average molecular weight is 339 g/mol. The Morgan fingerprint density at radius 3 is 2.20 bits per heavy atom. The summed E-state index contributed by atoms with van der Waals surface area (Å²) in [7, 11) is 0. The zero-order valence-corrected chi connectivity index (χ0v) is 15.1. The third-order valence-electron chi connectivity index (χ3n) is 4.15. The molecule has 1 aromatic carbocycles. The minimum absolute atomic E-state index is 0.639. The van der Waals surface area contributed by atoms with Crippen molar-refractivity contribution in [2.75, 3.05) is 0 Å². The molecule has 1 rings (SSSR count). The summed E-state index contributed by atoms with van der Waals surface area (Å²) in [6.07, 6.45) is 12.3. The molecule has 0 aliphatic heterocycles. The monoisotopic (exact) mass is 338 g/mol. The van der Waals surface area contributed by atoms with E-state index in [2.05, 4.69) is 54.9 Å². The smallest absolute Gasteiger partial charge is 0.0186 e. The van der Waals surface area contributed by atoms with Gasteiger partial charge in [-0.2, -0.15) is 0 Å². The molecule has 1 unspecified atom stereocenters. The van der Waals surface area contributed by atoms with Crippen LogP contribution in [0.5, 0.6) is 0 Å². The molecule has 0 bridgehead atoms. The predicted molar refractivity (Wildman–Crippen MR) is 94.9 cm³/mol. The molecule has 0 saturated carbocycles. The van der Waals surface area contributed by atoms with E-state index < -0.39 is 0 Å². The van der Waals surface area contributed by atoms with Gasteiger partial charge in [0.1, 0.15) is 0 Å². The van der Waals surface area contributed by atoms with Crippen LogP contribution in [0.25, 0.3) is 0 Å². The van der Waals surface area contributed by atoms with Crippen molar-refractivity contribution >= 4 is 15.9 Å². The SMILES string of the molecule is CCCCCCCCCC(Br)Cc1ccc(C)c(C)c1. The zero-order chi connectivity index (χ0) is 14.8. The van der Waals surface area contributed by atoms with Crippen molar-refractivity contribution in [3.05, 3.63) is 34.9 Å². The van der Waals surface area contributed by atoms with Gasteiger partial charge in [0.15, 0.2) is 0 Å². The van der Waals surface area contributed by atoms with Gasteiger partial charge in [0.05, 0.1) is 0 Å². The van der Waals surface area contributed by atoms with Crippen molar-refractivity contribution in [3.63, 3.8) is 0 Å². The van der Waals surface area contributed by atoms with Crippen molar-refractivity contribution in [1.82, 2.24) is 0 Å². The number of aryl methyl sites for hydroxylation is 2. The summed E-state index contributed by atoms with van der Waals surface area (Å²) in [4.78, 5) is 0.639. The maximum absolute atomic E-state index is 3.85. The molecule has 1 aromatic rings. The predicted octanol–water partition coefficient (Wildman–Crippen LogP) is 6.75. The van der Waals surface area contributed by atoms with Gasteiger partial charge in [-0.25, -0.2) is 0 Å². The van der Waals surface area contributed by atoms with Crippen molar-refractivity contribution in [2.24, 2.45) is 0 Å². The summed E-state index contributed by atoms with van der Waals surface area (Å²) < 4.78 is 0. The molecule has 1 atom stereocenters. The Morgan fingerprint density at radius 2 is 1.55 bits per heavy atom. The van der Waals surface area contributed by atoms with Crippen LogP contribution >= 0.6 is 15.9 Å². The molecule has 0 N–H and O–H groups in total. The van der Waals surface area contributed by atoms with Gasteiger partial charge in [-0.1, -0.05) is 86.0 Å². The lowest BCUT2D eigenvalue weighted by molar-refractivity contribution is 0.570. The highest BCUT2D eigenvalue weighted by atomic mass is 79.9. The largest absolute Gasteiger partial charge is 0.0887 e. The minimum Gasteiger partial charge on any atom is -0.0887 e. The number of halogens is 1. The molecule has 0 saturated heterocycles. The molecule has 0 aliphatic carbocycles. The third kappa shape index (κ3) is 7.47. The van der Waals surface area contributed by atoms with E-state index in [1.807, 2.05) is 0 Å². The second-order valence-electron chi connectivity index (χ2n) is 6.13. The van der Waals surface area contributed by atoms with Crippen molar-refractivity contribution in [3.8, 4) is 0 Å². The van der Waals surface area contributed by atoms with Gasteiger partial charge in [0.25, 0.3) is 0 Å². The first-order valence-corrected chi connectivity index (χ1v) is 9.25. The number of benzene rings is 1. The van der Waals surface area contributed by atoms with Crippen LogP contribution in [-0.4, -0.2) is 4.83 Å². The molecule has 1 heteroatoms. The van der Waals surface area contributed by atoms with E-state index in [1.165, 1.54) is 68.1 Å². The molecule has 0 aliphatic rings. The zero-order valence-electron chi connectivity index (χ0n) is 13.6. The van der Waals surface area contributed by atoms with E-state index in [0.29, 0.717) is 4.83 Å². The van der Waals surface area contributed by atoms with Crippen LogP contribution in [0.1, 0.15) is 75.0 Å². The highest BCUT2D eigenvalue weighted by Gasteiger charge is 2.06. The van der Waals surface area contributed by atoms with E-state index >= 15 is 0 Å². The first-order valence-electron chi connectivity index (χ1n) is 8.33. The fourth-order valence-electron chi connectivity index (χ4n) is 2.61. The van der Waals surface area contributed by atoms with Gasteiger partial charge < -0.3 is 0 Å². The standard InChI is InChI=1S/C19H31Br/c1-4-5-6-7-8-9-10-11-19(20)15-18-13-12-16(2)17(3)14-18/h12-14,19H,4-11,15H2,1-3H3. The summed E-state index contributed by atoms with van der Waals surface area (Å²) in [5.41, 5.74) is 4.28. The fraction of sp³-hybridized carbons (Fsp3) is 0.684. The summed E-state index contributed by atoms with van der Waals surface area (Å²) in [6, 6.07) is 6.87. The summed E-state index contributed by atoms with van der Waals surface area (Å²) >= 11 is 3.85. The van der Waals surface area contributed by atoms with Crippen LogP contribution in [0.4, 0.5) is 0 Å². The number of rotatable bonds is 10. The number of alkyl halides is 1. The summed E-state index contributed by atoms with van der Waals surface area (Å²) in [6.45, 7) is 6.67. The van der Waals surface area contributed by atoms with E-state index in [0.717, 1.165) is 6.42 Å². The third-order valence-corrected chi connectivity index (χ3v) is 4.93. The second-order valence-corrected chi connectivity index (χ2v) is 7.42. The normalized spacial score (nSPS) is 12.6. The highest BCUT2D eigenvalue weighted by Crippen LogP contribution is 2.19. The lowest BCUT2D eigenvalue weighted by atomic mass is 10.0. The average Bonchev–Trinajstić information content (AvgIpc) is 2.42. The molecular weight excluding hydrogens is 308 g/mol. The first kappa shape index (κ1) is 17.8. The molecule has 20 heavy (non-hydrogen) atoms. The lowest BCUT2D eigenvalue weighted by Gasteiger charge is -2.11. The molecule has 0 amide bonds. The van der Waals surface area contributed by atoms with Gasteiger partial charge in [-0.15, -0.1) is 0 Å². The van der Waals surface area contributed by atoms with Crippen molar-refractivity contribution in [1.29, 1.82) is 0 Å². The lowest BCUT2D eigenvalue weighted by Crippen LogP contribution is -2.03. The van der Waals surface area contributed by atoms with E-state index in [9.17, 15) is 0 Å². The summed E-state index contributed by atoms with van der Waals surface area (Å²) in [5, 5.41) is 0. The Kier molecular flexibility index (Phi) is 9.26. The molecule has 114 valence electrons. The van der Waals surface area contributed by atoms with Gasteiger partial charge in [-0.05, 0) is 43.4 Å². The molecule has 0 heterocycles. The van der Waals surface area contributed by atoms with Crippen molar-refractivity contribution in [2.45, 2.75) is 83.4 Å². The van der Waals surface area contributed by atoms with Gasteiger partial charge in [0.2, 0.25) is 0 Å². The molecular formula is C19H31Br. The molecule has 0 nitrogen and oxygen atoms in total. The fourth-order valence-corrected chi connectivity index (χ4v) is 3.31. The molecule has 0 radical (unpaired) electrons. The van der Waals surface area contributed by atoms with Crippen LogP contribution in [0, 0.1) is 13.8 Å². The van der Waals surface area contributed by atoms with E-state index in [4.69, 9.17) is 0 Å². The Hall–Kier alpha value is -0.300. The maximum atomic E-state index is 3.85. The quantitative estimate of drug-likeness (QED) is 0.327. The topological polar surface area (TPSA) is 0 Å². The Balaban J connectivity index is 2.13. The second kappa shape index (κ2) is 10.4. The highest BCUT2D eigenvalue weighted by molar-refractivity contribution is 9.09. The van der Waals surface area contributed by atoms with Crippen LogP contribution in [0.2, 0.25) is 0 Å². The molecule has 0 fully saturated rings.